The lowest BCUT2D eigenvalue weighted by Crippen LogP contribution is -2.00. The predicted molar refractivity (Wildman–Crippen MR) is 50.8 cm³/mol. The van der Waals surface area contributed by atoms with E-state index in [-0.39, 0.29) is 5.63 Å². The van der Waals surface area contributed by atoms with Gasteiger partial charge in [0.1, 0.15) is 0 Å². The van der Waals surface area contributed by atoms with Crippen molar-refractivity contribution in [2.24, 2.45) is 0 Å². The average molecular weight is 193 g/mol. The van der Waals surface area contributed by atoms with Crippen molar-refractivity contribution in [1.29, 1.82) is 0 Å². The van der Waals surface area contributed by atoms with Crippen molar-refractivity contribution in [3.05, 3.63) is 39.9 Å². The minimum atomic E-state index is -0.351. The average Bonchev–Trinajstić information content (AvgIpc) is 2.53. The summed E-state index contributed by atoms with van der Waals surface area (Å²) in [5, 5.41) is 1.95. The molecule has 2 aromatic heterocycles. The Hall–Kier alpha value is -1.42. The van der Waals surface area contributed by atoms with E-state index in [2.05, 4.69) is 4.98 Å². The minimum absolute atomic E-state index is 0.351. The molecular weight excluding hydrogens is 186 g/mol. The Morgan fingerprint density at radius 2 is 2.38 bits per heavy atom. The third kappa shape index (κ3) is 1.67. The first-order valence-corrected chi connectivity index (χ1v) is 4.66. The lowest BCUT2D eigenvalue weighted by Gasteiger charge is -1.95. The predicted octanol–water partition coefficient (Wildman–Crippen LogP) is 2.07. The van der Waals surface area contributed by atoms with Crippen LogP contribution in [0.3, 0.4) is 0 Å². The molecule has 0 amide bonds. The van der Waals surface area contributed by atoms with E-state index in [0.717, 1.165) is 4.88 Å². The van der Waals surface area contributed by atoms with E-state index in [0.29, 0.717) is 11.6 Å². The number of aryl methyl sites for hydroxylation is 1. The molecule has 0 unspecified atom stereocenters. The smallest absolute Gasteiger partial charge is 0.339 e. The molecule has 66 valence electrons. The molecule has 0 aliphatic heterocycles. The Morgan fingerprint density at radius 1 is 1.54 bits per heavy atom. The van der Waals surface area contributed by atoms with E-state index in [1.165, 1.54) is 6.07 Å². The normalized spacial score (nSPS) is 10.2. The van der Waals surface area contributed by atoms with Crippen LogP contribution in [0.5, 0.6) is 0 Å². The van der Waals surface area contributed by atoms with Crippen LogP contribution in [-0.2, 0) is 0 Å². The molecule has 13 heavy (non-hydrogen) atoms. The highest BCUT2D eigenvalue weighted by Crippen LogP contribution is 2.21. The zero-order valence-electron chi connectivity index (χ0n) is 6.98. The molecule has 0 spiro atoms. The van der Waals surface area contributed by atoms with Crippen LogP contribution in [0.4, 0.5) is 0 Å². The van der Waals surface area contributed by atoms with Crippen LogP contribution in [-0.4, -0.2) is 4.98 Å². The van der Waals surface area contributed by atoms with Gasteiger partial charge in [-0.2, -0.15) is 0 Å². The van der Waals surface area contributed by atoms with E-state index >= 15 is 0 Å². The van der Waals surface area contributed by atoms with E-state index in [9.17, 15) is 4.79 Å². The fraction of sp³-hybridized carbons (Fsp3) is 0.111. The molecule has 0 aliphatic carbocycles. The lowest BCUT2D eigenvalue weighted by atomic mass is 10.3. The van der Waals surface area contributed by atoms with Crippen LogP contribution in [0, 0.1) is 6.92 Å². The topological polar surface area (TPSA) is 43.1 Å². The molecule has 0 aliphatic rings. The SMILES string of the molecule is Cc1nc(-c2cccs2)cc(=O)o1. The van der Waals surface area contributed by atoms with Gasteiger partial charge in [-0.3, -0.25) is 0 Å². The van der Waals surface area contributed by atoms with Crippen molar-refractivity contribution >= 4 is 11.3 Å². The quantitative estimate of drug-likeness (QED) is 0.696. The van der Waals surface area contributed by atoms with Crippen molar-refractivity contribution in [3.63, 3.8) is 0 Å². The summed E-state index contributed by atoms with van der Waals surface area (Å²) in [7, 11) is 0. The van der Waals surface area contributed by atoms with Crippen LogP contribution in [0.25, 0.3) is 10.6 Å². The van der Waals surface area contributed by atoms with Gasteiger partial charge in [0, 0.05) is 6.92 Å². The molecule has 0 fully saturated rings. The molecule has 0 bridgehead atoms. The Morgan fingerprint density at radius 3 is 3.00 bits per heavy atom. The van der Waals surface area contributed by atoms with Gasteiger partial charge in [0.05, 0.1) is 16.6 Å². The highest BCUT2D eigenvalue weighted by molar-refractivity contribution is 7.13. The first kappa shape index (κ1) is 8.19. The van der Waals surface area contributed by atoms with Gasteiger partial charge in [0.2, 0.25) is 0 Å². The molecule has 3 nitrogen and oxygen atoms in total. The summed E-state index contributed by atoms with van der Waals surface area (Å²) >= 11 is 1.55. The number of hydrogen-bond donors (Lipinski definition) is 0. The summed E-state index contributed by atoms with van der Waals surface area (Å²) in [6.45, 7) is 1.67. The highest BCUT2D eigenvalue weighted by Gasteiger charge is 2.02. The summed E-state index contributed by atoms with van der Waals surface area (Å²) in [5.41, 5.74) is 0.333. The molecule has 2 aromatic rings. The van der Waals surface area contributed by atoms with E-state index < -0.39 is 0 Å². The number of rotatable bonds is 1. The van der Waals surface area contributed by atoms with Crippen molar-refractivity contribution in [2.45, 2.75) is 6.92 Å². The molecule has 0 atom stereocenters. The van der Waals surface area contributed by atoms with Crippen LogP contribution >= 0.6 is 11.3 Å². The minimum Gasteiger partial charge on any atom is -0.409 e. The van der Waals surface area contributed by atoms with Crippen LogP contribution < -0.4 is 5.63 Å². The summed E-state index contributed by atoms with van der Waals surface area (Å²) in [6.07, 6.45) is 0. The molecule has 4 heteroatoms. The zero-order valence-corrected chi connectivity index (χ0v) is 7.80. The second-order valence-corrected chi connectivity index (χ2v) is 3.51. The van der Waals surface area contributed by atoms with Gasteiger partial charge in [-0.15, -0.1) is 11.3 Å². The lowest BCUT2D eigenvalue weighted by molar-refractivity contribution is 0.458. The van der Waals surface area contributed by atoms with E-state index in [1.54, 1.807) is 18.3 Å². The zero-order chi connectivity index (χ0) is 9.26. The van der Waals surface area contributed by atoms with Crippen molar-refractivity contribution in [2.75, 3.05) is 0 Å². The summed E-state index contributed by atoms with van der Waals surface area (Å²) in [5.74, 6) is 0.399. The molecule has 0 saturated carbocycles. The van der Waals surface area contributed by atoms with Crippen molar-refractivity contribution in [3.8, 4) is 10.6 Å². The van der Waals surface area contributed by atoms with Gasteiger partial charge in [-0.25, -0.2) is 9.78 Å². The Balaban J connectivity index is 2.59. The van der Waals surface area contributed by atoms with Crippen LogP contribution in [0.15, 0.2) is 32.8 Å². The monoisotopic (exact) mass is 193 g/mol. The maximum absolute atomic E-state index is 11.0. The van der Waals surface area contributed by atoms with Gasteiger partial charge >= 0.3 is 5.63 Å². The summed E-state index contributed by atoms with van der Waals surface area (Å²) in [4.78, 5) is 16.1. The summed E-state index contributed by atoms with van der Waals surface area (Å²) in [6, 6.07) is 5.25. The first-order valence-electron chi connectivity index (χ1n) is 3.78. The molecule has 0 aromatic carbocycles. The molecule has 2 rings (SSSR count). The Kier molecular flexibility index (Phi) is 1.98. The van der Waals surface area contributed by atoms with Crippen LogP contribution in [0.2, 0.25) is 0 Å². The maximum Gasteiger partial charge on any atom is 0.339 e. The second-order valence-electron chi connectivity index (χ2n) is 2.56. The van der Waals surface area contributed by atoms with Gasteiger partial charge < -0.3 is 4.42 Å². The first-order chi connectivity index (χ1) is 6.25. The number of nitrogens with zero attached hydrogens (tertiary/aromatic N) is 1. The molecule has 0 saturated heterocycles. The third-order valence-corrected chi connectivity index (χ3v) is 2.45. The number of hydrogen-bond acceptors (Lipinski definition) is 4. The van der Waals surface area contributed by atoms with Crippen molar-refractivity contribution < 1.29 is 4.42 Å². The fourth-order valence-electron chi connectivity index (χ4n) is 1.06. The molecule has 2 heterocycles. The summed E-state index contributed by atoms with van der Waals surface area (Å²) < 4.78 is 4.75. The van der Waals surface area contributed by atoms with Gasteiger partial charge in [0.15, 0.2) is 5.89 Å². The molecular formula is C9H7NO2S. The maximum atomic E-state index is 11.0. The van der Waals surface area contributed by atoms with E-state index in [4.69, 9.17) is 4.42 Å². The Labute approximate surface area is 78.7 Å². The van der Waals surface area contributed by atoms with Crippen molar-refractivity contribution in [1.82, 2.24) is 4.98 Å². The van der Waals surface area contributed by atoms with E-state index in [1.807, 2.05) is 17.5 Å². The highest BCUT2D eigenvalue weighted by atomic mass is 32.1. The largest absolute Gasteiger partial charge is 0.409 e. The van der Waals surface area contributed by atoms with Gasteiger partial charge in [0.25, 0.3) is 0 Å². The second kappa shape index (κ2) is 3.14. The van der Waals surface area contributed by atoms with Crippen LogP contribution in [0.1, 0.15) is 5.89 Å². The molecule has 0 N–H and O–H groups in total. The Bertz CT molecular complexity index is 459. The number of thiophene rings is 1. The molecule has 0 radical (unpaired) electrons. The fourth-order valence-corrected chi connectivity index (χ4v) is 1.75. The number of aromatic nitrogens is 1. The van der Waals surface area contributed by atoms with Gasteiger partial charge in [-0.05, 0) is 11.4 Å². The standard InChI is InChI=1S/C9H7NO2S/c1-6-10-7(5-9(11)12-6)8-3-2-4-13-8/h2-5H,1H3. The third-order valence-electron chi connectivity index (χ3n) is 1.55. The van der Waals surface area contributed by atoms with Gasteiger partial charge in [-0.1, -0.05) is 6.07 Å².